The maximum absolute atomic E-state index is 10.7. The summed E-state index contributed by atoms with van der Waals surface area (Å²) in [6.07, 6.45) is 0. The summed E-state index contributed by atoms with van der Waals surface area (Å²) in [5.74, 6) is -1.01. The monoisotopic (exact) mass is 180 g/mol. The van der Waals surface area contributed by atoms with E-state index in [1.165, 1.54) is 12.1 Å². The zero-order chi connectivity index (χ0) is 10.0. The molecule has 0 amide bonds. The molecule has 1 aromatic carbocycles. The Morgan fingerprint density at radius 1 is 1.62 bits per heavy atom. The van der Waals surface area contributed by atoms with Gasteiger partial charge < -0.3 is 10.8 Å². The number of nitrogens with two attached hydrogens (primary N) is 2. The largest absolute Gasteiger partial charge is 0.478 e. The van der Waals surface area contributed by atoms with Crippen molar-refractivity contribution in [3.8, 4) is 0 Å². The van der Waals surface area contributed by atoms with Gasteiger partial charge in [0.15, 0.2) is 5.69 Å². The van der Waals surface area contributed by atoms with E-state index in [-0.39, 0.29) is 5.56 Å². The molecule has 0 saturated heterocycles. The Bertz CT molecular complexity index is 374. The van der Waals surface area contributed by atoms with Crippen LogP contribution >= 0.6 is 0 Å². The van der Waals surface area contributed by atoms with E-state index < -0.39 is 5.97 Å². The number of carbonyl (C=O) groups is 1. The molecule has 13 heavy (non-hydrogen) atoms. The first kappa shape index (κ1) is 9.18. The van der Waals surface area contributed by atoms with E-state index in [1.807, 2.05) is 0 Å². The Hall–Kier alpha value is -1.91. The zero-order valence-corrected chi connectivity index (χ0v) is 7.11. The Morgan fingerprint density at radius 2 is 2.23 bits per heavy atom. The van der Waals surface area contributed by atoms with Crippen molar-refractivity contribution < 1.29 is 15.4 Å². The second-order valence-corrected chi connectivity index (χ2v) is 2.66. The summed E-state index contributed by atoms with van der Waals surface area (Å²) in [4.78, 5) is 10.7. The fourth-order valence-corrected chi connectivity index (χ4v) is 1.06. The highest BCUT2D eigenvalue weighted by Gasteiger charge is 2.11. The molecule has 68 valence electrons. The van der Waals surface area contributed by atoms with Gasteiger partial charge in [0.2, 0.25) is 0 Å². The third kappa shape index (κ3) is 1.64. The third-order valence-corrected chi connectivity index (χ3v) is 1.74. The molecule has 0 aliphatic heterocycles. The molecular formula is C8H10N3O2+. The Balaban J connectivity index is 3.38. The molecule has 0 bridgehead atoms. The van der Waals surface area contributed by atoms with Gasteiger partial charge in [0, 0.05) is 0 Å². The normalized spacial score (nSPS) is 9.62. The molecule has 0 fully saturated rings. The molecule has 5 heteroatoms. The number of carboxylic acid groups (broad SMARTS) is 1. The molecule has 5 nitrogen and oxygen atoms in total. The summed E-state index contributed by atoms with van der Waals surface area (Å²) in [6.45, 7) is 1.67. The van der Waals surface area contributed by atoms with Crippen LogP contribution in [0.5, 0.6) is 0 Å². The van der Waals surface area contributed by atoms with E-state index in [2.05, 4.69) is 5.11 Å². The van der Waals surface area contributed by atoms with Gasteiger partial charge in [-0.05, 0) is 29.7 Å². The predicted octanol–water partition coefficient (Wildman–Crippen LogP) is 0.118. The number of rotatable bonds is 2. The van der Waals surface area contributed by atoms with E-state index in [4.69, 9.17) is 16.4 Å². The topological polar surface area (TPSA) is 101 Å². The molecule has 0 spiro atoms. The van der Waals surface area contributed by atoms with Crippen LogP contribution in [-0.2, 0) is 0 Å². The molecule has 0 aromatic heterocycles. The lowest BCUT2D eigenvalue weighted by molar-refractivity contribution is -0.210. The Kier molecular flexibility index (Phi) is 2.27. The van der Waals surface area contributed by atoms with Crippen LogP contribution in [0.4, 0.5) is 11.4 Å². The van der Waals surface area contributed by atoms with Crippen LogP contribution in [0.15, 0.2) is 17.2 Å². The van der Waals surface area contributed by atoms with E-state index in [0.717, 1.165) is 0 Å². The van der Waals surface area contributed by atoms with E-state index in [9.17, 15) is 4.79 Å². The quantitative estimate of drug-likeness (QED) is 0.445. The van der Waals surface area contributed by atoms with Gasteiger partial charge in [0.1, 0.15) is 0 Å². The highest BCUT2D eigenvalue weighted by Crippen LogP contribution is 2.24. The molecule has 0 atom stereocenters. The molecule has 0 radical (unpaired) electrons. The second kappa shape index (κ2) is 3.22. The number of nitrogens with zero attached hydrogens (tertiary/aromatic N) is 1. The summed E-state index contributed by atoms with van der Waals surface area (Å²) < 4.78 is 0. The summed E-state index contributed by atoms with van der Waals surface area (Å²) in [7, 11) is 0. The van der Waals surface area contributed by atoms with Gasteiger partial charge in [0.25, 0.3) is 0 Å². The van der Waals surface area contributed by atoms with Crippen LogP contribution in [-0.4, -0.2) is 11.1 Å². The number of hydrogen-bond donors (Lipinski definition) is 3. The Morgan fingerprint density at radius 3 is 2.69 bits per heavy atom. The third-order valence-electron chi connectivity index (χ3n) is 1.74. The van der Waals surface area contributed by atoms with Crippen LogP contribution in [0, 0.1) is 6.92 Å². The number of benzene rings is 1. The predicted molar refractivity (Wildman–Crippen MR) is 46.6 cm³/mol. The standard InChI is InChI=1S/C8H9N3O2/c1-4-2-6(9)7(11-10)3-5(4)8(12)13/h2-3,10H,9H2,1H3,(H,12,13)/p+1. The SMILES string of the molecule is Cc1cc(N)c(N=[NH2+])cc1C(=O)O. The molecule has 5 N–H and O–H groups in total. The van der Waals surface area contributed by atoms with Gasteiger partial charge >= 0.3 is 5.97 Å². The molecule has 1 rings (SSSR count). The summed E-state index contributed by atoms with van der Waals surface area (Å²) in [5.41, 5.74) is 12.0. The van der Waals surface area contributed by atoms with E-state index in [0.29, 0.717) is 16.9 Å². The van der Waals surface area contributed by atoms with Crippen LogP contribution in [0.3, 0.4) is 0 Å². The highest BCUT2D eigenvalue weighted by atomic mass is 16.4. The molecule has 0 heterocycles. The van der Waals surface area contributed by atoms with Crippen molar-refractivity contribution in [2.75, 3.05) is 5.73 Å². The van der Waals surface area contributed by atoms with Crippen molar-refractivity contribution in [2.24, 2.45) is 5.11 Å². The number of aryl methyl sites for hydroxylation is 1. The van der Waals surface area contributed by atoms with Crippen molar-refractivity contribution in [1.29, 1.82) is 0 Å². The average Bonchev–Trinajstić information content (AvgIpc) is 2.03. The number of nitrogen functional groups attached to an aromatic ring is 1. The summed E-state index contributed by atoms with van der Waals surface area (Å²) in [6, 6.07) is 2.89. The Labute approximate surface area is 74.7 Å². The molecule has 0 aliphatic rings. The lowest BCUT2D eigenvalue weighted by Crippen LogP contribution is -2.22. The van der Waals surface area contributed by atoms with E-state index in [1.54, 1.807) is 6.92 Å². The molecule has 0 saturated carbocycles. The van der Waals surface area contributed by atoms with Crippen molar-refractivity contribution in [1.82, 2.24) is 0 Å². The van der Waals surface area contributed by atoms with Crippen molar-refractivity contribution in [3.63, 3.8) is 0 Å². The smallest absolute Gasteiger partial charge is 0.336 e. The van der Waals surface area contributed by atoms with Crippen molar-refractivity contribution >= 4 is 17.3 Å². The molecule has 0 aliphatic carbocycles. The number of carboxylic acids is 1. The fraction of sp³-hybridized carbons (Fsp3) is 0.125. The minimum Gasteiger partial charge on any atom is -0.478 e. The molecule has 0 unspecified atom stereocenters. The van der Waals surface area contributed by atoms with E-state index >= 15 is 0 Å². The van der Waals surface area contributed by atoms with Crippen LogP contribution < -0.4 is 11.3 Å². The van der Waals surface area contributed by atoms with Crippen LogP contribution in [0.25, 0.3) is 0 Å². The first-order valence-electron chi connectivity index (χ1n) is 3.60. The maximum atomic E-state index is 10.7. The van der Waals surface area contributed by atoms with Crippen molar-refractivity contribution in [3.05, 3.63) is 23.3 Å². The first-order valence-corrected chi connectivity index (χ1v) is 3.60. The summed E-state index contributed by atoms with van der Waals surface area (Å²) in [5, 5.41) is 12.1. The fourth-order valence-electron chi connectivity index (χ4n) is 1.06. The highest BCUT2D eigenvalue weighted by molar-refractivity contribution is 5.91. The van der Waals surface area contributed by atoms with Gasteiger partial charge in [-0.1, -0.05) is 0 Å². The minimum absolute atomic E-state index is 0.165. The zero-order valence-electron chi connectivity index (χ0n) is 7.11. The summed E-state index contributed by atoms with van der Waals surface area (Å²) >= 11 is 0. The average molecular weight is 180 g/mol. The van der Waals surface area contributed by atoms with Gasteiger partial charge in [-0.3, -0.25) is 0 Å². The second-order valence-electron chi connectivity index (χ2n) is 2.66. The first-order chi connectivity index (χ1) is 6.06. The molecule has 1 aromatic rings. The van der Waals surface area contributed by atoms with Gasteiger partial charge in [0.05, 0.1) is 11.3 Å². The van der Waals surface area contributed by atoms with Gasteiger partial charge in [-0.25, -0.2) is 4.79 Å². The van der Waals surface area contributed by atoms with Crippen LogP contribution in [0.2, 0.25) is 0 Å². The maximum Gasteiger partial charge on any atom is 0.336 e. The van der Waals surface area contributed by atoms with Gasteiger partial charge in [-0.2, -0.15) is 5.53 Å². The number of anilines is 1. The lowest BCUT2D eigenvalue weighted by atomic mass is 10.1. The number of hydrogen-bond acceptors (Lipinski definition) is 3. The van der Waals surface area contributed by atoms with Crippen LogP contribution in [0.1, 0.15) is 15.9 Å². The number of aromatic carboxylic acids is 1. The minimum atomic E-state index is -1.01. The van der Waals surface area contributed by atoms with Crippen molar-refractivity contribution in [2.45, 2.75) is 6.92 Å². The van der Waals surface area contributed by atoms with Gasteiger partial charge in [-0.15, -0.1) is 0 Å². The molecular weight excluding hydrogens is 170 g/mol. The lowest BCUT2D eigenvalue weighted by Gasteiger charge is -2.02.